The largest absolute Gasteiger partial charge is 0.381 e. The Hall–Kier alpha value is -0.120. The zero-order valence-corrected chi connectivity index (χ0v) is 11.7. The monoisotopic (exact) mass is 240 g/mol. The van der Waals surface area contributed by atoms with Crippen molar-refractivity contribution in [2.45, 2.75) is 52.1 Å². The number of hydrogen-bond acceptors (Lipinski definition) is 3. The Morgan fingerprint density at radius 3 is 2.71 bits per heavy atom. The van der Waals surface area contributed by atoms with Gasteiger partial charge in [-0.1, -0.05) is 13.8 Å². The van der Waals surface area contributed by atoms with E-state index >= 15 is 0 Å². The lowest BCUT2D eigenvalue weighted by Crippen LogP contribution is -2.57. The molecule has 0 radical (unpaired) electrons. The van der Waals surface area contributed by atoms with E-state index in [1.165, 1.54) is 32.4 Å². The van der Waals surface area contributed by atoms with Gasteiger partial charge in [0.2, 0.25) is 0 Å². The van der Waals surface area contributed by atoms with E-state index in [2.05, 4.69) is 31.0 Å². The average molecular weight is 240 g/mol. The lowest BCUT2D eigenvalue weighted by Gasteiger charge is -2.45. The Bertz CT molecular complexity index is 238. The molecule has 0 bridgehead atoms. The molecular formula is C14H28N2O. The normalized spacial score (nSPS) is 34.8. The summed E-state index contributed by atoms with van der Waals surface area (Å²) in [7, 11) is 0. The smallest absolute Gasteiger partial charge is 0.0471 e. The number of rotatable bonds is 3. The summed E-state index contributed by atoms with van der Waals surface area (Å²) in [6, 6.07) is 1.37. The standard InChI is InChI=1S/C14H28N2O/c1-4-13-9-15-12(2)10-16(13)11-14(3)5-7-17-8-6-14/h12-13,15H,4-11H2,1-3H3. The van der Waals surface area contributed by atoms with Gasteiger partial charge in [0.1, 0.15) is 0 Å². The molecule has 100 valence electrons. The topological polar surface area (TPSA) is 24.5 Å². The average Bonchev–Trinajstić information content (AvgIpc) is 2.29. The molecule has 3 heteroatoms. The molecule has 2 fully saturated rings. The van der Waals surface area contributed by atoms with Crippen LogP contribution in [0.3, 0.4) is 0 Å². The van der Waals surface area contributed by atoms with Crippen molar-refractivity contribution in [2.24, 2.45) is 5.41 Å². The molecule has 17 heavy (non-hydrogen) atoms. The molecule has 0 saturated carbocycles. The highest BCUT2D eigenvalue weighted by Gasteiger charge is 2.33. The Labute approximate surface area is 106 Å². The first-order valence-corrected chi connectivity index (χ1v) is 7.18. The third-order valence-electron chi connectivity index (χ3n) is 4.48. The second kappa shape index (κ2) is 5.68. The Morgan fingerprint density at radius 2 is 2.06 bits per heavy atom. The van der Waals surface area contributed by atoms with Crippen molar-refractivity contribution >= 4 is 0 Å². The van der Waals surface area contributed by atoms with Crippen LogP contribution in [0.1, 0.15) is 40.0 Å². The second-order valence-electron chi connectivity index (χ2n) is 6.22. The molecule has 0 amide bonds. The summed E-state index contributed by atoms with van der Waals surface area (Å²) in [6.45, 7) is 12.6. The number of nitrogens with zero attached hydrogens (tertiary/aromatic N) is 1. The van der Waals surface area contributed by atoms with Gasteiger partial charge in [-0.05, 0) is 31.6 Å². The van der Waals surface area contributed by atoms with E-state index in [0.717, 1.165) is 25.8 Å². The van der Waals surface area contributed by atoms with Gasteiger partial charge in [0.05, 0.1) is 0 Å². The van der Waals surface area contributed by atoms with Crippen LogP contribution in [-0.4, -0.2) is 49.8 Å². The Kier molecular flexibility index (Phi) is 4.45. The molecule has 0 aromatic carbocycles. The molecule has 2 rings (SSSR count). The van der Waals surface area contributed by atoms with E-state index < -0.39 is 0 Å². The first kappa shape index (κ1) is 13.3. The van der Waals surface area contributed by atoms with Gasteiger partial charge in [-0.2, -0.15) is 0 Å². The van der Waals surface area contributed by atoms with E-state index in [9.17, 15) is 0 Å². The van der Waals surface area contributed by atoms with Crippen molar-refractivity contribution in [1.82, 2.24) is 10.2 Å². The van der Waals surface area contributed by atoms with Gasteiger partial charge in [-0.25, -0.2) is 0 Å². The second-order valence-corrected chi connectivity index (χ2v) is 6.22. The highest BCUT2D eigenvalue weighted by Crippen LogP contribution is 2.32. The third kappa shape index (κ3) is 3.43. The highest BCUT2D eigenvalue weighted by atomic mass is 16.5. The molecule has 2 aliphatic rings. The number of hydrogen-bond donors (Lipinski definition) is 1. The van der Waals surface area contributed by atoms with E-state index in [0.29, 0.717) is 11.5 Å². The maximum Gasteiger partial charge on any atom is 0.0471 e. The van der Waals surface area contributed by atoms with Gasteiger partial charge in [-0.3, -0.25) is 4.90 Å². The fourth-order valence-electron chi connectivity index (χ4n) is 3.14. The lowest BCUT2D eigenvalue weighted by atomic mass is 9.81. The quantitative estimate of drug-likeness (QED) is 0.815. The number of ether oxygens (including phenoxy) is 1. The Balaban J connectivity index is 1.94. The van der Waals surface area contributed by atoms with Gasteiger partial charge in [-0.15, -0.1) is 0 Å². The molecule has 2 heterocycles. The highest BCUT2D eigenvalue weighted by molar-refractivity contribution is 4.89. The number of piperazine rings is 1. The van der Waals surface area contributed by atoms with Crippen LogP contribution in [0.2, 0.25) is 0 Å². The van der Waals surface area contributed by atoms with Crippen molar-refractivity contribution in [3.63, 3.8) is 0 Å². The van der Waals surface area contributed by atoms with Crippen LogP contribution < -0.4 is 5.32 Å². The third-order valence-corrected chi connectivity index (χ3v) is 4.48. The SMILES string of the molecule is CCC1CNC(C)CN1CC1(C)CCOCC1. The molecule has 0 aliphatic carbocycles. The van der Waals surface area contributed by atoms with Crippen LogP contribution in [0, 0.1) is 5.41 Å². The number of nitrogens with one attached hydrogen (secondary N) is 1. The van der Waals surface area contributed by atoms with Crippen LogP contribution in [0.4, 0.5) is 0 Å². The van der Waals surface area contributed by atoms with Crippen molar-refractivity contribution in [3.8, 4) is 0 Å². The van der Waals surface area contributed by atoms with Crippen LogP contribution in [0.25, 0.3) is 0 Å². The van der Waals surface area contributed by atoms with Crippen molar-refractivity contribution in [1.29, 1.82) is 0 Å². The van der Waals surface area contributed by atoms with Crippen molar-refractivity contribution < 1.29 is 4.74 Å². The summed E-state index contributed by atoms with van der Waals surface area (Å²) in [4.78, 5) is 2.71. The van der Waals surface area contributed by atoms with Crippen LogP contribution >= 0.6 is 0 Å². The van der Waals surface area contributed by atoms with E-state index in [-0.39, 0.29) is 0 Å². The molecule has 2 atom stereocenters. The van der Waals surface area contributed by atoms with Gasteiger partial charge in [0.25, 0.3) is 0 Å². The molecular weight excluding hydrogens is 212 g/mol. The summed E-state index contributed by atoms with van der Waals surface area (Å²) in [5.74, 6) is 0. The minimum absolute atomic E-state index is 0.475. The van der Waals surface area contributed by atoms with E-state index in [4.69, 9.17) is 4.74 Å². The van der Waals surface area contributed by atoms with E-state index in [1.54, 1.807) is 0 Å². The summed E-state index contributed by atoms with van der Waals surface area (Å²) >= 11 is 0. The maximum atomic E-state index is 5.50. The van der Waals surface area contributed by atoms with Gasteiger partial charge < -0.3 is 10.1 Å². The summed E-state index contributed by atoms with van der Waals surface area (Å²) in [5, 5.41) is 3.60. The molecule has 3 nitrogen and oxygen atoms in total. The Morgan fingerprint density at radius 1 is 1.35 bits per heavy atom. The molecule has 2 aliphatic heterocycles. The summed E-state index contributed by atoms with van der Waals surface area (Å²) in [6.07, 6.45) is 3.70. The summed E-state index contributed by atoms with van der Waals surface area (Å²) in [5.41, 5.74) is 0.475. The zero-order chi connectivity index (χ0) is 12.3. The maximum absolute atomic E-state index is 5.50. The molecule has 2 saturated heterocycles. The molecule has 0 aromatic heterocycles. The first-order chi connectivity index (χ1) is 8.13. The minimum atomic E-state index is 0.475. The molecule has 0 aromatic rings. The fourth-order valence-corrected chi connectivity index (χ4v) is 3.14. The van der Waals surface area contributed by atoms with Gasteiger partial charge in [0, 0.05) is 44.9 Å². The molecule has 1 N–H and O–H groups in total. The van der Waals surface area contributed by atoms with Crippen molar-refractivity contribution in [3.05, 3.63) is 0 Å². The molecule has 0 spiro atoms. The first-order valence-electron chi connectivity index (χ1n) is 7.18. The van der Waals surface area contributed by atoms with Gasteiger partial charge >= 0.3 is 0 Å². The van der Waals surface area contributed by atoms with Crippen molar-refractivity contribution in [2.75, 3.05) is 32.8 Å². The fraction of sp³-hybridized carbons (Fsp3) is 1.00. The summed E-state index contributed by atoms with van der Waals surface area (Å²) < 4.78 is 5.50. The predicted molar refractivity (Wildman–Crippen MR) is 71.3 cm³/mol. The van der Waals surface area contributed by atoms with Crippen LogP contribution in [0.15, 0.2) is 0 Å². The lowest BCUT2D eigenvalue weighted by molar-refractivity contribution is -0.0102. The predicted octanol–water partition coefficient (Wildman–Crippen LogP) is 1.88. The van der Waals surface area contributed by atoms with Crippen LogP contribution in [-0.2, 0) is 4.74 Å². The zero-order valence-electron chi connectivity index (χ0n) is 11.7. The van der Waals surface area contributed by atoms with Gasteiger partial charge in [0.15, 0.2) is 0 Å². The van der Waals surface area contributed by atoms with E-state index in [1.807, 2.05) is 0 Å². The minimum Gasteiger partial charge on any atom is -0.381 e. The molecule has 2 unspecified atom stereocenters. The van der Waals surface area contributed by atoms with Crippen LogP contribution in [0.5, 0.6) is 0 Å².